The monoisotopic (exact) mass is 196 g/mol. The van der Waals surface area contributed by atoms with Crippen molar-refractivity contribution in [3.05, 3.63) is 29.6 Å². The molecule has 0 spiro atoms. The van der Waals surface area contributed by atoms with Gasteiger partial charge in [-0.1, -0.05) is 26.8 Å². The minimum Gasteiger partial charge on any atom is -0.423 e. The van der Waals surface area contributed by atoms with Crippen LogP contribution < -0.4 is 5.46 Å². The second-order valence-corrected chi connectivity index (χ2v) is 4.36. The van der Waals surface area contributed by atoms with Crippen LogP contribution in [0.1, 0.15) is 26.3 Å². The molecule has 2 nitrogen and oxygen atoms in total. The Hall–Kier alpha value is -0.865. The van der Waals surface area contributed by atoms with Gasteiger partial charge in [-0.2, -0.15) is 0 Å². The Labute approximate surface area is 83.5 Å². The van der Waals surface area contributed by atoms with E-state index in [0.29, 0.717) is 0 Å². The van der Waals surface area contributed by atoms with Gasteiger partial charge >= 0.3 is 7.12 Å². The van der Waals surface area contributed by atoms with Crippen molar-refractivity contribution in [1.29, 1.82) is 0 Å². The minimum absolute atomic E-state index is 0.229. The van der Waals surface area contributed by atoms with Crippen LogP contribution in [0.5, 0.6) is 0 Å². The number of hydrogen-bond acceptors (Lipinski definition) is 2. The summed E-state index contributed by atoms with van der Waals surface area (Å²) in [5, 5.41) is 18.2. The lowest BCUT2D eigenvalue weighted by molar-refractivity contribution is 0.423. The molecule has 0 saturated carbocycles. The SMILES string of the molecule is CC(C)(C)c1ccc(F)cc1B(O)O. The van der Waals surface area contributed by atoms with Gasteiger partial charge in [0.15, 0.2) is 0 Å². The molecule has 0 amide bonds. The molecule has 0 aromatic heterocycles. The molecule has 0 aliphatic carbocycles. The number of benzene rings is 1. The summed E-state index contributed by atoms with van der Waals surface area (Å²) in [6.45, 7) is 5.81. The third-order valence-corrected chi connectivity index (χ3v) is 2.10. The van der Waals surface area contributed by atoms with Gasteiger partial charge in [-0.05, 0) is 28.6 Å². The Morgan fingerprint density at radius 2 is 1.79 bits per heavy atom. The first kappa shape index (κ1) is 11.2. The van der Waals surface area contributed by atoms with E-state index >= 15 is 0 Å². The van der Waals surface area contributed by atoms with Crippen molar-refractivity contribution in [1.82, 2.24) is 0 Å². The van der Waals surface area contributed by atoms with E-state index in [-0.39, 0.29) is 10.9 Å². The van der Waals surface area contributed by atoms with Gasteiger partial charge in [0, 0.05) is 0 Å². The fourth-order valence-electron chi connectivity index (χ4n) is 1.43. The number of hydrogen-bond donors (Lipinski definition) is 2. The maximum absolute atomic E-state index is 12.9. The van der Waals surface area contributed by atoms with Crippen LogP contribution in [0, 0.1) is 5.82 Å². The first-order valence-corrected chi connectivity index (χ1v) is 4.48. The predicted octanol–water partition coefficient (Wildman–Crippen LogP) is 0.803. The first-order chi connectivity index (χ1) is 6.32. The van der Waals surface area contributed by atoms with E-state index < -0.39 is 12.9 Å². The van der Waals surface area contributed by atoms with E-state index in [1.54, 1.807) is 6.07 Å². The van der Waals surface area contributed by atoms with Crippen LogP contribution in [0.3, 0.4) is 0 Å². The van der Waals surface area contributed by atoms with Gasteiger partial charge < -0.3 is 10.0 Å². The van der Waals surface area contributed by atoms with Crippen LogP contribution in [-0.2, 0) is 5.41 Å². The van der Waals surface area contributed by atoms with Crippen molar-refractivity contribution in [3.8, 4) is 0 Å². The Bertz CT molecular complexity index is 331. The zero-order valence-electron chi connectivity index (χ0n) is 8.58. The minimum atomic E-state index is -1.63. The molecule has 4 heteroatoms. The maximum atomic E-state index is 12.9. The molecule has 0 aliphatic rings. The molecular formula is C10H14BFO2. The largest absolute Gasteiger partial charge is 0.488 e. The third kappa shape index (κ3) is 2.33. The van der Waals surface area contributed by atoms with Crippen molar-refractivity contribution >= 4 is 12.6 Å². The normalized spacial score (nSPS) is 11.6. The zero-order chi connectivity index (χ0) is 10.9. The highest BCUT2D eigenvalue weighted by Gasteiger charge is 2.24. The molecule has 0 radical (unpaired) electrons. The topological polar surface area (TPSA) is 40.5 Å². The Balaban J connectivity index is 3.29. The summed E-state index contributed by atoms with van der Waals surface area (Å²) in [7, 11) is -1.63. The van der Waals surface area contributed by atoms with Crippen molar-refractivity contribution < 1.29 is 14.4 Å². The summed E-state index contributed by atoms with van der Waals surface area (Å²) >= 11 is 0. The second kappa shape index (κ2) is 3.71. The summed E-state index contributed by atoms with van der Waals surface area (Å²) in [5.74, 6) is -0.457. The summed E-state index contributed by atoms with van der Waals surface area (Å²) in [4.78, 5) is 0. The highest BCUT2D eigenvalue weighted by molar-refractivity contribution is 6.59. The molecule has 0 atom stereocenters. The highest BCUT2D eigenvalue weighted by Crippen LogP contribution is 2.20. The molecule has 0 fully saturated rings. The van der Waals surface area contributed by atoms with Crippen LogP contribution >= 0.6 is 0 Å². The smallest absolute Gasteiger partial charge is 0.423 e. The molecule has 0 bridgehead atoms. The average molecular weight is 196 g/mol. The third-order valence-electron chi connectivity index (χ3n) is 2.10. The molecule has 2 N–H and O–H groups in total. The lowest BCUT2D eigenvalue weighted by atomic mass is 9.70. The van der Waals surface area contributed by atoms with Gasteiger partial charge in [0.1, 0.15) is 5.82 Å². The van der Waals surface area contributed by atoms with Gasteiger partial charge in [-0.25, -0.2) is 4.39 Å². The fraction of sp³-hybridized carbons (Fsp3) is 0.400. The van der Waals surface area contributed by atoms with Crippen molar-refractivity contribution in [3.63, 3.8) is 0 Å². The second-order valence-electron chi connectivity index (χ2n) is 4.36. The average Bonchev–Trinajstić information content (AvgIpc) is 2.01. The van der Waals surface area contributed by atoms with Crippen molar-refractivity contribution in [2.24, 2.45) is 0 Å². The van der Waals surface area contributed by atoms with Gasteiger partial charge in [-0.3, -0.25) is 0 Å². The van der Waals surface area contributed by atoms with Crippen LogP contribution in [-0.4, -0.2) is 17.2 Å². The fourth-order valence-corrected chi connectivity index (χ4v) is 1.43. The highest BCUT2D eigenvalue weighted by atomic mass is 19.1. The molecule has 14 heavy (non-hydrogen) atoms. The quantitative estimate of drug-likeness (QED) is 0.652. The number of halogens is 1. The van der Waals surface area contributed by atoms with Crippen LogP contribution in [0.4, 0.5) is 4.39 Å². The molecule has 0 saturated heterocycles. The maximum Gasteiger partial charge on any atom is 0.488 e. The summed E-state index contributed by atoms with van der Waals surface area (Å²) in [6.07, 6.45) is 0. The lowest BCUT2D eigenvalue weighted by Gasteiger charge is -2.22. The zero-order valence-corrected chi connectivity index (χ0v) is 8.58. The molecular weight excluding hydrogens is 182 g/mol. The van der Waals surface area contributed by atoms with E-state index in [1.165, 1.54) is 6.07 Å². The number of rotatable bonds is 1. The van der Waals surface area contributed by atoms with E-state index in [2.05, 4.69) is 0 Å². The molecule has 0 aliphatic heterocycles. The van der Waals surface area contributed by atoms with E-state index in [1.807, 2.05) is 20.8 Å². The summed E-state index contributed by atoms with van der Waals surface area (Å²) < 4.78 is 12.9. The molecule has 0 heterocycles. The Kier molecular flexibility index (Phi) is 2.97. The van der Waals surface area contributed by atoms with Gasteiger partial charge in [-0.15, -0.1) is 0 Å². The first-order valence-electron chi connectivity index (χ1n) is 4.48. The summed E-state index contributed by atoms with van der Waals surface area (Å²) in [6, 6.07) is 4.07. The van der Waals surface area contributed by atoms with E-state index in [0.717, 1.165) is 11.6 Å². The van der Waals surface area contributed by atoms with Gasteiger partial charge in [0.2, 0.25) is 0 Å². The Morgan fingerprint density at radius 3 is 2.21 bits per heavy atom. The molecule has 76 valence electrons. The molecule has 1 rings (SSSR count). The van der Waals surface area contributed by atoms with Gasteiger partial charge in [0.25, 0.3) is 0 Å². The van der Waals surface area contributed by atoms with E-state index in [4.69, 9.17) is 10.0 Å². The van der Waals surface area contributed by atoms with Gasteiger partial charge in [0.05, 0.1) is 0 Å². The van der Waals surface area contributed by atoms with Crippen LogP contribution in [0.2, 0.25) is 0 Å². The van der Waals surface area contributed by atoms with Crippen LogP contribution in [0.15, 0.2) is 18.2 Å². The van der Waals surface area contributed by atoms with Crippen LogP contribution in [0.25, 0.3) is 0 Å². The van der Waals surface area contributed by atoms with Crippen molar-refractivity contribution in [2.45, 2.75) is 26.2 Å². The molecule has 1 aromatic rings. The molecule has 1 aromatic carbocycles. The summed E-state index contributed by atoms with van der Waals surface area (Å²) in [5.41, 5.74) is 0.749. The predicted molar refractivity (Wildman–Crippen MR) is 54.9 cm³/mol. The molecule has 0 unspecified atom stereocenters. The lowest BCUT2D eigenvalue weighted by Crippen LogP contribution is -2.37. The Morgan fingerprint density at radius 1 is 1.21 bits per heavy atom. The van der Waals surface area contributed by atoms with E-state index in [9.17, 15) is 4.39 Å². The standard InChI is InChI=1S/C10H14BFO2/c1-10(2,3)8-5-4-7(12)6-9(8)11(13)14/h4-6,13-14H,1-3H3. The van der Waals surface area contributed by atoms with Crippen molar-refractivity contribution in [2.75, 3.05) is 0 Å².